The molecule has 0 unspecified atom stereocenters. The van der Waals surface area contributed by atoms with Gasteiger partial charge in [-0.1, -0.05) is 11.6 Å². The molecule has 0 spiro atoms. The van der Waals surface area contributed by atoms with Crippen molar-refractivity contribution < 1.29 is 5.11 Å². The van der Waals surface area contributed by atoms with Gasteiger partial charge in [0.05, 0.1) is 19.0 Å². The summed E-state index contributed by atoms with van der Waals surface area (Å²) in [6.45, 7) is 0.987. The molecule has 0 aromatic carbocycles. The maximum Gasteiger partial charge on any atom is 0.147 e. The molecular weight excluding hydrogens is 202 g/mol. The Bertz CT molecular complexity index is 310. The Morgan fingerprint density at radius 3 is 2.71 bits per heavy atom. The fourth-order valence-corrected chi connectivity index (χ4v) is 1.35. The van der Waals surface area contributed by atoms with Gasteiger partial charge >= 0.3 is 0 Å². The van der Waals surface area contributed by atoms with E-state index >= 15 is 0 Å². The molecule has 1 aliphatic rings. The molecule has 2 N–H and O–H groups in total. The molecule has 1 aromatic rings. The highest BCUT2D eigenvalue weighted by Gasteiger charge is 2.41. The number of hydrogen-bond donors (Lipinski definition) is 2. The maximum absolute atomic E-state index is 9.08. The molecule has 1 aromatic heterocycles. The van der Waals surface area contributed by atoms with Crippen LogP contribution >= 0.6 is 11.6 Å². The predicted molar refractivity (Wildman–Crippen MR) is 54.3 cm³/mol. The lowest BCUT2D eigenvalue weighted by Gasteiger charge is -2.12. The third-order valence-electron chi connectivity index (χ3n) is 2.56. The Kier molecular flexibility index (Phi) is 2.56. The van der Waals surface area contributed by atoms with Gasteiger partial charge in [-0.15, -0.1) is 0 Å². The second-order valence-corrected chi connectivity index (χ2v) is 4.12. The molecule has 1 fully saturated rings. The number of aromatic nitrogens is 2. The van der Waals surface area contributed by atoms with Gasteiger partial charge in [0.15, 0.2) is 0 Å². The van der Waals surface area contributed by atoms with Crippen LogP contribution in [0, 0.1) is 5.41 Å². The SMILES string of the molecule is OCC1(CNc2cnc(Cl)cn2)CC1. The summed E-state index contributed by atoms with van der Waals surface area (Å²) in [5.74, 6) is 0.703. The molecule has 1 aliphatic carbocycles. The molecule has 0 atom stereocenters. The highest BCUT2D eigenvalue weighted by Crippen LogP contribution is 2.44. The van der Waals surface area contributed by atoms with Crippen LogP contribution in [0.3, 0.4) is 0 Å². The number of nitrogens with one attached hydrogen (secondary N) is 1. The highest BCUT2D eigenvalue weighted by atomic mass is 35.5. The zero-order valence-corrected chi connectivity index (χ0v) is 8.46. The molecule has 0 aliphatic heterocycles. The first kappa shape index (κ1) is 9.68. The van der Waals surface area contributed by atoms with E-state index in [1.165, 1.54) is 6.20 Å². The van der Waals surface area contributed by atoms with Crippen LogP contribution in [0.4, 0.5) is 5.82 Å². The Balaban J connectivity index is 1.89. The van der Waals surface area contributed by atoms with Crippen LogP contribution in [0.2, 0.25) is 5.15 Å². The Labute approximate surface area is 87.3 Å². The number of halogens is 1. The van der Waals surface area contributed by atoms with Crippen LogP contribution < -0.4 is 5.32 Å². The van der Waals surface area contributed by atoms with Crippen LogP contribution in [0.5, 0.6) is 0 Å². The molecule has 4 nitrogen and oxygen atoms in total. The van der Waals surface area contributed by atoms with Crippen LogP contribution in [0.1, 0.15) is 12.8 Å². The number of aliphatic hydroxyl groups is 1. The first-order valence-electron chi connectivity index (χ1n) is 4.56. The average molecular weight is 214 g/mol. The average Bonchev–Trinajstić information content (AvgIpc) is 2.98. The van der Waals surface area contributed by atoms with Crippen LogP contribution in [-0.2, 0) is 0 Å². The van der Waals surface area contributed by atoms with E-state index < -0.39 is 0 Å². The van der Waals surface area contributed by atoms with Gasteiger partial charge < -0.3 is 10.4 Å². The monoisotopic (exact) mass is 213 g/mol. The molecule has 0 saturated heterocycles. The fraction of sp³-hybridized carbons (Fsp3) is 0.556. The summed E-state index contributed by atoms with van der Waals surface area (Å²) in [4.78, 5) is 7.96. The lowest BCUT2D eigenvalue weighted by molar-refractivity contribution is 0.219. The van der Waals surface area contributed by atoms with Crippen LogP contribution in [0.25, 0.3) is 0 Å². The first-order valence-corrected chi connectivity index (χ1v) is 4.94. The van der Waals surface area contributed by atoms with Gasteiger partial charge in [-0.25, -0.2) is 9.97 Å². The molecule has 14 heavy (non-hydrogen) atoms. The number of aliphatic hydroxyl groups excluding tert-OH is 1. The second-order valence-electron chi connectivity index (χ2n) is 3.74. The lowest BCUT2D eigenvalue weighted by Crippen LogP contribution is -2.19. The molecule has 2 rings (SSSR count). The Morgan fingerprint density at radius 2 is 2.21 bits per heavy atom. The molecule has 0 bridgehead atoms. The van der Waals surface area contributed by atoms with Crippen LogP contribution in [-0.4, -0.2) is 28.2 Å². The minimum atomic E-state index is 0.0846. The summed E-state index contributed by atoms with van der Waals surface area (Å²) in [7, 11) is 0. The van der Waals surface area contributed by atoms with Crippen molar-refractivity contribution in [1.82, 2.24) is 9.97 Å². The Morgan fingerprint density at radius 1 is 1.43 bits per heavy atom. The molecule has 0 radical (unpaired) electrons. The zero-order valence-electron chi connectivity index (χ0n) is 7.70. The number of anilines is 1. The van der Waals surface area contributed by atoms with E-state index in [9.17, 15) is 0 Å². The molecule has 0 amide bonds. The quantitative estimate of drug-likeness (QED) is 0.792. The van der Waals surface area contributed by atoms with Gasteiger partial charge in [-0.05, 0) is 12.8 Å². The third-order valence-corrected chi connectivity index (χ3v) is 2.75. The first-order chi connectivity index (χ1) is 6.74. The molecule has 1 heterocycles. The second kappa shape index (κ2) is 3.71. The van der Waals surface area contributed by atoms with Gasteiger partial charge in [-0.2, -0.15) is 0 Å². The normalized spacial score (nSPS) is 17.9. The standard InChI is InChI=1S/C9H12ClN3O/c10-7-3-12-8(4-11-7)13-5-9(6-14)1-2-9/h3-4,14H,1-2,5-6H2,(H,12,13). The number of hydrogen-bond acceptors (Lipinski definition) is 4. The third kappa shape index (κ3) is 2.13. The lowest BCUT2D eigenvalue weighted by atomic mass is 10.1. The largest absolute Gasteiger partial charge is 0.396 e. The molecular formula is C9H12ClN3O. The highest BCUT2D eigenvalue weighted by molar-refractivity contribution is 6.29. The summed E-state index contributed by atoms with van der Waals surface area (Å²) in [5, 5.41) is 12.6. The fourth-order valence-electron chi connectivity index (χ4n) is 1.25. The predicted octanol–water partition coefficient (Wildman–Crippen LogP) is 1.31. The summed E-state index contributed by atoms with van der Waals surface area (Å²) >= 11 is 5.60. The summed E-state index contributed by atoms with van der Waals surface area (Å²) in [5.41, 5.74) is 0.0846. The van der Waals surface area contributed by atoms with Gasteiger partial charge in [0, 0.05) is 12.0 Å². The maximum atomic E-state index is 9.08. The summed E-state index contributed by atoms with van der Waals surface area (Å²) < 4.78 is 0. The zero-order chi connectivity index (χ0) is 10.0. The van der Waals surface area contributed by atoms with Gasteiger partial charge in [-0.3, -0.25) is 0 Å². The van der Waals surface area contributed by atoms with Gasteiger partial charge in [0.25, 0.3) is 0 Å². The van der Waals surface area contributed by atoms with Crippen molar-refractivity contribution >= 4 is 17.4 Å². The van der Waals surface area contributed by atoms with Gasteiger partial charge in [0.2, 0.25) is 0 Å². The van der Waals surface area contributed by atoms with Crippen molar-refractivity contribution in [3.63, 3.8) is 0 Å². The number of nitrogens with zero attached hydrogens (tertiary/aromatic N) is 2. The molecule has 1 saturated carbocycles. The molecule has 5 heteroatoms. The number of rotatable bonds is 4. The van der Waals surface area contributed by atoms with E-state index in [0.29, 0.717) is 11.0 Å². The van der Waals surface area contributed by atoms with Crippen molar-refractivity contribution in [3.8, 4) is 0 Å². The topological polar surface area (TPSA) is 58.0 Å². The van der Waals surface area contributed by atoms with Crippen molar-refractivity contribution in [1.29, 1.82) is 0 Å². The Hall–Kier alpha value is -0.870. The van der Waals surface area contributed by atoms with E-state index in [1.807, 2.05) is 0 Å². The van der Waals surface area contributed by atoms with E-state index in [0.717, 1.165) is 19.4 Å². The van der Waals surface area contributed by atoms with E-state index in [2.05, 4.69) is 15.3 Å². The van der Waals surface area contributed by atoms with E-state index in [1.54, 1.807) is 6.20 Å². The summed E-state index contributed by atoms with van der Waals surface area (Å²) in [6.07, 6.45) is 5.26. The van der Waals surface area contributed by atoms with Crippen molar-refractivity contribution in [2.75, 3.05) is 18.5 Å². The minimum Gasteiger partial charge on any atom is -0.396 e. The van der Waals surface area contributed by atoms with Crippen molar-refractivity contribution in [2.45, 2.75) is 12.8 Å². The van der Waals surface area contributed by atoms with Gasteiger partial charge in [0.1, 0.15) is 11.0 Å². The summed E-state index contributed by atoms with van der Waals surface area (Å²) in [6, 6.07) is 0. The van der Waals surface area contributed by atoms with Crippen molar-refractivity contribution in [2.24, 2.45) is 5.41 Å². The smallest absolute Gasteiger partial charge is 0.147 e. The molecule has 76 valence electrons. The minimum absolute atomic E-state index is 0.0846. The van der Waals surface area contributed by atoms with Crippen LogP contribution in [0.15, 0.2) is 12.4 Å². The van der Waals surface area contributed by atoms with Crippen molar-refractivity contribution in [3.05, 3.63) is 17.5 Å². The van der Waals surface area contributed by atoms with E-state index in [-0.39, 0.29) is 12.0 Å². The van der Waals surface area contributed by atoms with E-state index in [4.69, 9.17) is 16.7 Å².